The highest BCUT2D eigenvalue weighted by Crippen LogP contribution is 2.63. The lowest BCUT2D eigenvalue weighted by Crippen LogP contribution is -2.15. The third-order valence-corrected chi connectivity index (χ3v) is 6.43. The Morgan fingerprint density at radius 1 is 1.43 bits per heavy atom. The highest BCUT2D eigenvalue weighted by molar-refractivity contribution is 7.54. The molecule has 2 aliphatic heterocycles. The maximum atomic E-state index is 13.0. The average molecular weight is 315 g/mol. The average Bonchev–Trinajstić information content (AvgIpc) is 3.32. The van der Waals surface area contributed by atoms with Crippen LogP contribution in [0.5, 0.6) is 0 Å². The van der Waals surface area contributed by atoms with Gasteiger partial charge in [0.15, 0.2) is 0 Å². The van der Waals surface area contributed by atoms with E-state index in [1.54, 1.807) is 7.05 Å². The molecule has 0 bridgehead atoms. The second-order valence-corrected chi connectivity index (χ2v) is 7.51. The Morgan fingerprint density at radius 2 is 2.00 bits per heavy atom. The molecule has 116 valence electrons. The van der Waals surface area contributed by atoms with Crippen molar-refractivity contribution in [3.63, 3.8) is 0 Å². The third kappa shape index (κ3) is 2.62. The van der Waals surface area contributed by atoms with Gasteiger partial charge in [-0.3, -0.25) is 9.09 Å². The van der Waals surface area contributed by atoms with Crippen LogP contribution >= 0.6 is 7.67 Å². The normalized spacial score (nSPS) is 20.5. The molecule has 1 unspecified atom stereocenters. The fourth-order valence-corrected chi connectivity index (χ4v) is 4.65. The summed E-state index contributed by atoms with van der Waals surface area (Å²) >= 11 is 0. The van der Waals surface area contributed by atoms with Crippen LogP contribution in [0.2, 0.25) is 0 Å². The van der Waals surface area contributed by atoms with Gasteiger partial charge in [-0.1, -0.05) is 6.92 Å². The van der Waals surface area contributed by atoms with Crippen LogP contribution in [0, 0.1) is 10.1 Å². The number of nitro groups is 1. The highest BCUT2D eigenvalue weighted by atomic mass is 31.2. The Balaban J connectivity index is 1.85. The Bertz CT molecular complexity index is 594. The van der Waals surface area contributed by atoms with Crippen LogP contribution in [-0.4, -0.2) is 50.0 Å². The SMILES string of the molecule is CCC(OP(=O)(N1CC1)N1CC1)c1ncc([N+](=O)[O-])n1C. The van der Waals surface area contributed by atoms with E-state index in [4.69, 9.17) is 4.52 Å². The first kappa shape index (κ1) is 14.6. The van der Waals surface area contributed by atoms with E-state index in [1.165, 1.54) is 10.8 Å². The van der Waals surface area contributed by atoms with E-state index in [1.807, 2.05) is 16.3 Å². The molecule has 2 aliphatic rings. The highest BCUT2D eigenvalue weighted by Gasteiger charge is 2.51. The van der Waals surface area contributed by atoms with Crippen LogP contribution in [0.1, 0.15) is 25.3 Å². The van der Waals surface area contributed by atoms with Crippen LogP contribution in [0.15, 0.2) is 6.20 Å². The molecular formula is C11H18N5O4P. The van der Waals surface area contributed by atoms with Crippen LogP contribution in [0.25, 0.3) is 0 Å². The minimum Gasteiger partial charge on any atom is -0.358 e. The molecule has 10 heteroatoms. The number of rotatable bonds is 7. The lowest BCUT2D eigenvalue weighted by molar-refractivity contribution is -0.391. The predicted octanol–water partition coefficient (Wildman–Crippen LogP) is 1.54. The second-order valence-electron chi connectivity index (χ2n) is 5.19. The summed E-state index contributed by atoms with van der Waals surface area (Å²) < 4.78 is 23.9. The predicted molar refractivity (Wildman–Crippen MR) is 74.7 cm³/mol. The molecule has 1 aromatic rings. The summed E-state index contributed by atoms with van der Waals surface area (Å²) in [6, 6.07) is 0. The van der Waals surface area contributed by atoms with E-state index in [2.05, 4.69) is 4.98 Å². The summed E-state index contributed by atoms with van der Waals surface area (Å²) in [5.74, 6) is 0.341. The Morgan fingerprint density at radius 3 is 2.38 bits per heavy atom. The van der Waals surface area contributed by atoms with Crippen LogP contribution in [-0.2, 0) is 16.1 Å². The lowest BCUT2D eigenvalue weighted by atomic mass is 10.3. The summed E-state index contributed by atoms with van der Waals surface area (Å²) in [4.78, 5) is 14.5. The number of imidazole rings is 1. The molecule has 21 heavy (non-hydrogen) atoms. The molecule has 1 aromatic heterocycles. The topological polar surface area (TPSA) is 93.3 Å². The van der Waals surface area contributed by atoms with E-state index >= 15 is 0 Å². The maximum absolute atomic E-state index is 13.0. The Hall–Kier alpha value is -1.28. The molecule has 0 radical (unpaired) electrons. The van der Waals surface area contributed by atoms with Crippen LogP contribution in [0.3, 0.4) is 0 Å². The molecule has 0 N–H and O–H groups in total. The minimum absolute atomic E-state index is 0.0969. The van der Waals surface area contributed by atoms with Crippen LogP contribution in [0.4, 0.5) is 5.82 Å². The molecule has 0 saturated carbocycles. The van der Waals surface area contributed by atoms with Crippen molar-refractivity contribution >= 4 is 13.5 Å². The maximum Gasteiger partial charge on any atom is 0.347 e. The van der Waals surface area contributed by atoms with E-state index in [9.17, 15) is 14.7 Å². The number of hydrogen-bond donors (Lipinski definition) is 0. The molecule has 0 aliphatic carbocycles. The van der Waals surface area contributed by atoms with Crippen LogP contribution < -0.4 is 0 Å². The fourth-order valence-electron chi connectivity index (χ4n) is 2.26. The largest absolute Gasteiger partial charge is 0.358 e. The van der Waals surface area contributed by atoms with Gasteiger partial charge < -0.3 is 10.1 Å². The zero-order chi connectivity index (χ0) is 15.2. The molecule has 0 aromatic carbocycles. The number of aromatic nitrogens is 2. The smallest absolute Gasteiger partial charge is 0.347 e. The first-order valence-corrected chi connectivity index (χ1v) is 8.45. The van der Waals surface area contributed by atoms with Gasteiger partial charge in [-0.15, -0.1) is 0 Å². The Labute approximate surface area is 122 Å². The van der Waals surface area contributed by atoms with Crippen molar-refractivity contribution in [3.05, 3.63) is 22.1 Å². The summed E-state index contributed by atoms with van der Waals surface area (Å²) in [6.45, 7) is 4.96. The summed E-state index contributed by atoms with van der Waals surface area (Å²) in [7, 11) is -1.39. The third-order valence-electron chi connectivity index (χ3n) is 3.67. The molecule has 0 amide bonds. The van der Waals surface area contributed by atoms with Gasteiger partial charge >= 0.3 is 13.5 Å². The van der Waals surface area contributed by atoms with E-state index in [-0.39, 0.29) is 5.82 Å². The van der Waals surface area contributed by atoms with Gasteiger partial charge in [0, 0.05) is 26.2 Å². The zero-order valence-corrected chi connectivity index (χ0v) is 12.9. The lowest BCUT2D eigenvalue weighted by Gasteiger charge is -2.24. The molecule has 3 rings (SSSR count). The zero-order valence-electron chi connectivity index (χ0n) is 12.0. The first-order chi connectivity index (χ1) is 9.97. The molecule has 9 nitrogen and oxygen atoms in total. The molecule has 2 saturated heterocycles. The van der Waals surface area contributed by atoms with E-state index in [0.717, 1.165) is 26.2 Å². The van der Waals surface area contributed by atoms with E-state index in [0.29, 0.717) is 12.2 Å². The molecule has 1 atom stereocenters. The van der Waals surface area contributed by atoms with Crippen molar-refractivity contribution in [1.29, 1.82) is 0 Å². The second kappa shape index (κ2) is 5.17. The quantitative estimate of drug-likeness (QED) is 0.326. The van der Waals surface area contributed by atoms with Gasteiger partial charge in [-0.25, -0.2) is 18.9 Å². The van der Waals surface area contributed by atoms with Gasteiger partial charge in [-0.2, -0.15) is 0 Å². The van der Waals surface area contributed by atoms with Gasteiger partial charge in [-0.05, 0) is 11.3 Å². The molecule has 0 spiro atoms. The summed E-state index contributed by atoms with van der Waals surface area (Å²) in [5.41, 5.74) is 0. The molecule has 3 heterocycles. The standard InChI is InChI=1S/C11H18N5O4P/c1-3-9(11-12-8-10(13(11)2)16(17)18)20-21(19,14-4-5-14)15-6-7-15/h8-9H,3-7H2,1-2H3. The fraction of sp³-hybridized carbons (Fsp3) is 0.727. The molecule has 2 fully saturated rings. The Kier molecular flexibility index (Phi) is 3.61. The minimum atomic E-state index is -2.97. The number of hydrogen-bond acceptors (Lipinski definition) is 5. The van der Waals surface area contributed by atoms with Crippen molar-refractivity contribution < 1.29 is 14.0 Å². The summed E-state index contributed by atoms with van der Waals surface area (Å²) in [6.07, 6.45) is 1.24. The van der Waals surface area contributed by atoms with Gasteiger partial charge in [0.25, 0.3) is 0 Å². The van der Waals surface area contributed by atoms with Gasteiger partial charge in [0.05, 0.1) is 7.05 Å². The van der Waals surface area contributed by atoms with Gasteiger partial charge in [0.1, 0.15) is 12.3 Å². The molecular weight excluding hydrogens is 297 g/mol. The van der Waals surface area contributed by atoms with Crippen molar-refractivity contribution in [2.45, 2.75) is 19.4 Å². The van der Waals surface area contributed by atoms with E-state index < -0.39 is 18.7 Å². The van der Waals surface area contributed by atoms with Crippen molar-refractivity contribution in [1.82, 2.24) is 18.9 Å². The van der Waals surface area contributed by atoms with Gasteiger partial charge in [0.2, 0.25) is 5.82 Å². The number of nitrogens with zero attached hydrogens (tertiary/aromatic N) is 5. The summed E-state index contributed by atoms with van der Waals surface area (Å²) in [5, 5.41) is 10.9. The van der Waals surface area contributed by atoms with Crippen molar-refractivity contribution in [2.75, 3.05) is 26.2 Å². The monoisotopic (exact) mass is 315 g/mol. The van der Waals surface area contributed by atoms with Crippen molar-refractivity contribution in [3.8, 4) is 0 Å². The van der Waals surface area contributed by atoms with Crippen molar-refractivity contribution in [2.24, 2.45) is 7.05 Å². The first-order valence-electron chi connectivity index (χ1n) is 6.92.